The van der Waals surface area contributed by atoms with Crippen LogP contribution < -0.4 is 9.47 Å². The minimum absolute atomic E-state index is 0.386. The second kappa shape index (κ2) is 8.18. The monoisotopic (exact) mass is 395 g/mol. The molecule has 0 saturated heterocycles. The second-order valence-electron chi connectivity index (χ2n) is 5.75. The topological polar surface area (TPSA) is 83.4 Å². The summed E-state index contributed by atoms with van der Waals surface area (Å²) < 4.78 is 22.1. The molecule has 0 unspecified atom stereocenters. The van der Waals surface area contributed by atoms with Gasteiger partial charge in [0.2, 0.25) is 11.8 Å². The van der Waals surface area contributed by atoms with Gasteiger partial charge in [0.25, 0.3) is 5.22 Å². The van der Waals surface area contributed by atoms with E-state index in [4.69, 9.17) is 18.3 Å². The van der Waals surface area contributed by atoms with Gasteiger partial charge in [0, 0.05) is 17.2 Å². The van der Waals surface area contributed by atoms with E-state index in [0.717, 1.165) is 16.9 Å². The summed E-state index contributed by atoms with van der Waals surface area (Å²) in [6, 6.07) is 15.2. The Kier molecular flexibility index (Phi) is 5.29. The third-order valence-electron chi connectivity index (χ3n) is 3.94. The highest BCUT2D eigenvalue weighted by atomic mass is 32.2. The lowest BCUT2D eigenvalue weighted by Crippen LogP contribution is -1.88. The zero-order valence-corrected chi connectivity index (χ0v) is 16.1. The van der Waals surface area contributed by atoms with Crippen LogP contribution in [-0.2, 0) is 5.75 Å². The summed E-state index contributed by atoms with van der Waals surface area (Å²) >= 11 is 1.36. The van der Waals surface area contributed by atoms with E-state index in [2.05, 4.69) is 15.2 Å². The molecule has 8 heteroatoms. The lowest BCUT2D eigenvalue weighted by molar-refractivity contribution is 0.394. The molecule has 0 amide bonds. The molecule has 7 nitrogen and oxygen atoms in total. The van der Waals surface area contributed by atoms with Crippen LogP contribution in [0.4, 0.5) is 0 Å². The first kappa shape index (κ1) is 18.1. The molecule has 142 valence electrons. The SMILES string of the molecule is COc1cc(OC)cc(-c2nnc(SCc3ncc(-c4ccccc4)o3)o2)c1. The van der Waals surface area contributed by atoms with Crippen LogP contribution >= 0.6 is 11.8 Å². The van der Waals surface area contributed by atoms with E-state index in [-0.39, 0.29) is 0 Å². The normalized spacial score (nSPS) is 10.8. The predicted molar refractivity (Wildman–Crippen MR) is 104 cm³/mol. The van der Waals surface area contributed by atoms with Crippen molar-refractivity contribution in [3.05, 3.63) is 60.6 Å². The smallest absolute Gasteiger partial charge is 0.277 e. The Morgan fingerprint density at radius 2 is 1.64 bits per heavy atom. The number of rotatable bonds is 7. The van der Waals surface area contributed by atoms with Crippen LogP contribution in [0.5, 0.6) is 11.5 Å². The molecular formula is C20H17N3O4S. The van der Waals surface area contributed by atoms with E-state index in [1.165, 1.54) is 11.8 Å². The van der Waals surface area contributed by atoms with Crippen molar-refractivity contribution in [2.75, 3.05) is 14.2 Å². The molecule has 4 rings (SSSR count). The Morgan fingerprint density at radius 1 is 0.893 bits per heavy atom. The zero-order chi connectivity index (χ0) is 19.3. The first-order valence-electron chi connectivity index (χ1n) is 8.45. The predicted octanol–water partition coefficient (Wildman–Crippen LogP) is 4.70. The van der Waals surface area contributed by atoms with Crippen molar-refractivity contribution in [1.29, 1.82) is 0 Å². The Balaban J connectivity index is 1.45. The van der Waals surface area contributed by atoms with Gasteiger partial charge in [-0.15, -0.1) is 10.2 Å². The van der Waals surface area contributed by atoms with Gasteiger partial charge < -0.3 is 18.3 Å². The number of methoxy groups -OCH3 is 2. The van der Waals surface area contributed by atoms with Gasteiger partial charge in [-0.25, -0.2) is 4.98 Å². The Hall–Kier alpha value is -3.26. The maximum absolute atomic E-state index is 5.79. The van der Waals surface area contributed by atoms with Gasteiger partial charge in [-0.2, -0.15) is 0 Å². The Morgan fingerprint density at radius 3 is 2.36 bits per heavy atom. The molecule has 0 aliphatic rings. The average Bonchev–Trinajstić information content (AvgIpc) is 3.42. The minimum atomic E-state index is 0.386. The van der Waals surface area contributed by atoms with Gasteiger partial charge in [-0.05, 0) is 12.1 Å². The first-order valence-corrected chi connectivity index (χ1v) is 9.43. The maximum Gasteiger partial charge on any atom is 0.277 e. The number of ether oxygens (including phenoxy) is 2. The minimum Gasteiger partial charge on any atom is -0.497 e. The average molecular weight is 395 g/mol. The highest BCUT2D eigenvalue weighted by Crippen LogP contribution is 2.31. The molecule has 2 heterocycles. The van der Waals surface area contributed by atoms with Gasteiger partial charge in [-0.1, -0.05) is 42.1 Å². The van der Waals surface area contributed by atoms with Crippen molar-refractivity contribution < 1.29 is 18.3 Å². The number of nitrogens with zero attached hydrogens (tertiary/aromatic N) is 3. The maximum atomic E-state index is 5.79. The molecule has 4 aromatic rings. The van der Waals surface area contributed by atoms with E-state index < -0.39 is 0 Å². The Bertz CT molecular complexity index is 1040. The molecular weight excluding hydrogens is 378 g/mol. The molecule has 0 spiro atoms. The van der Waals surface area contributed by atoms with Gasteiger partial charge in [-0.3, -0.25) is 0 Å². The van der Waals surface area contributed by atoms with Crippen molar-refractivity contribution in [2.45, 2.75) is 11.0 Å². The summed E-state index contributed by atoms with van der Waals surface area (Å²) in [5, 5.41) is 8.61. The lowest BCUT2D eigenvalue weighted by Gasteiger charge is -2.05. The molecule has 0 bridgehead atoms. The fourth-order valence-electron chi connectivity index (χ4n) is 2.55. The van der Waals surface area contributed by atoms with E-state index in [1.807, 2.05) is 42.5 Å². The fourth-order valence-corrected chi connectivity index (χ4v) is 3.17. The van der Waals surface area contributed by atoms with Crippen molar-refractivity contribution in [3.8, 4) is 34.3 Å². The molecule has 0 fully saturated rings. The molecule has 0 aliphatic carbocycles. The van der Waals surface area contributed by atoms with Gasteiger partial charge >= 0.3 is 0 Å². The van der Waals surface area contributed by atoms with Crippen LogP contribution in [-0.4, -0.2) is 29.4 Å². The fraction of sp³-hybridized carbons (Fsp3) is 0.150. The summed E-state index contributed by atoms with van der Waals surface area (Å²) in [6.45, 7) is 0. The van der Waals surface area contributed by atoms with E-state index >= 15 is 0 Å². The largest absolute Gasteiger partial charge is 0.497 e. The first-order chi connectivity index (χ1) is 13.7. The molecule has 0 radical (unpaired) electrons. The number of hydrogen-bond acceptors (Lipinski definition) is 8. The molecule has 0 atom stereocenters. The molecule has 0 saturated carbocycles. The van der Waals surface area contributed by atoms with Gasteiger partial charge in [0.15, 0.2) is 5.76 Å². The van der Waals surface area contributed by atoms with Crippen LogP contribution in [0.25, 0.3) is 22.8 Å². The Labute approximate surface area is 165 Å². The quantitative estimate of drug-likeness (QED) is 0.416. The lowest BCUT2D eigenvalue weighted by atomic mass is 10.2. The van der Waals surface area contributed by atoms with Crippen molar-refractivity contribution >= 4 is 11.8 Å². The summed E-state index contributed by atoms with van der Waals surface area (Å²) in [4.78, 5) is 4.31. The van der Waals surface area contributed by atoms with Gasteiger partial charge in [0.05, 0.1) is 26.2 Å². The number of benzene rings is 2. The van der Waals surface area contributed by atoms with Crippen molar-refractivity contribution in [1.82, 2.24) is 15.2 Å². The third-order valence-corrected chi connectivity index (χ3v) is 4.74. The molecule has 28 heavy (non-hydrogen) atoms. The van der Waals surface area contributed by atoms with E-state index in [0.29, 0.717) is 34.3 Å². The molecule has 2 aromatic carbocycles. The van der Waals surface area contributed by atoms with Gasteiger partial charge in [0.1, 0.15) is 11.5 Å². The second-order valence-corrected chi connectivity index (χ2v) is 6.67. The summed E-state index contributed by atoms with van der Waals surface area (Å²) in [6.07, 6.45) is 1.72. The molecule has 0 N–H and O–H groups in total. The van der Waals surface area contributed by atoms with E-state index in [9.17, 15) is 0 Å². The van der Waals surface area contributed by atoms with Crippen LogP contribution in [0.15, 0.2) is 68.8 Å². The van der Waals surface area contributed by atoms with Crippen LogP contribution in [0.3, 0.4) is 0 Å². The number of aromatic nitrogens is 3. The highest BCUT2D eigenvalue weighted by molar-refractivity contribution is 7.98. The molecule has 0 aliphatic heterocycles. The van der Waals surface area contributed by atoms with Crippen LogP contribution in [0.2, 0.25) is 0 Å². The van der Waals surface area contributed by atoms with E-state index in [1.54, 1.807) is 26.5 Å². The van der Waals surface area contributed by atoms with Crippen molar-refractivity contribution in [2.24, 2.45) is 0 Å². The van der Waals surface area contributed by atoms with Crippen LogP contribution in [0.1, 0.15) is 5.89 Å². The standard InChI is InChI=1S/C20H17N3O4S/c1-24-15-8-14(9-16(10-15)25-2)19-22-23-20(27-19)28-12-18-21-11-17(26-18)13-6-4-3-5-7-13/h3-11H,12H2,1-2H3. The third kappa shape index (κ3) is 4.01. The number of thioether (sulfide) groups is 1. The van der Waals surface area contributed by atoms with Crippen LogP contribution in [0, 0.1) is 0 Å². The summed E-state index contributed by atoms with van der Waals surface area (Å²) in [7, 11) is 3.18. The summed E-state index contributed by atoms with van der Waals surface area (Å²) in [5.74, 6) is 3.48. The van der Waals surface area contributed by atoms with Crippen molar-refractivity contribution in [3.63, 3.8) is 0 Å². The highest BCUT2D eigenvalue weighted by Gasteiger charge is 2.14. The zero-order valence-electron chi connectivity index (χ0n) is 15.3. The summed E-state index contributed by atoms with van der Waals surface area (Å²) in [5.41, 5.74) is 1.70. The number of oxazole rings is 1. The molecule has 2 aromatic heterocycles. The number of hydrogen-bond donors (Lipinski definition) is 0.